The van der Waals surface area contributed by atoms with Gasteiger partial charge in [0.15, 0.2) is 5.96 Å². The number of aliphatic imine (C=N–C) groups is 1. The van der Waals surface area contributed by atoms with Crippen LogP contribution in [-0.2, 0) is 0 Å². The van der Waals surface area contributed by atoms with E-state index in [-0.39, 0.29) is 0 Å². The molecule has 94 valence electrons. The number of rotatable bonds is 3. The predicted octanol–water partition coefficient (Wildman–Crippen LogP) is 2.34. The van der Waals surface area contributed by atoms with Crippen molar-refractivity contribution in [2.75, 3.05) is 27.2 Å². The zero-order valence-electron chi connectivity index (χ0n) is 11.3. The van der Waals surface area contributed by atoms with Crippen LogP contribution in [0.5, 0.6) is 0 Å². The average Bonchev–Trinajstić information content (AvgIpc) is 2.29. The predicted molar refractivity (Wildman–Crippen MR) is 70.8 cm³/mol. The highest BCUT2D eigenvalue weighted by Gasteiger charge is 2.20. The van der Waals surface area contributed by atoms with Crippen molar-refractivity contribution in [3.05, 3.63) is 0 Å². The number of hydrogen-bond acceptors (Lipinski definition) is 1. The highest BCUT2D eigenvalue weighted by molar-refractivity contribution is 5.79. The van der Waals surface area contributed by atoms with E-state index < -0.39 is 0 Å². The zero-order valence-corrected chi connectivity index (χ0v) is 11.3. The topological polar surface area (TPSA) is 27.6 Å². The summed E-state index contributed by atoms with van der Waals surface area (Å²) in [5.74, 6) is 2.83. The van der Waals surface area contributed by atoms with Gasteiger partial charge in [0.05, 0.1) is 0 Å². The number of nitrogens with zero attached hydrogens (tertiary/aromatic N) is 2. The van der Waals surface area contributed by atoms with E-state index in [9.17, 15) is 0 Å². The van der Waals surface area contributed by atoms with Crippen LogP contribution >= 0.6 is 0 Å². The van der Waals surface area contributed by atoms with Gasteiger partial charge in [0.25, 0.3) is 0 Å². The van der Waals surface area contributed by atoms with E-state index in [4.69, 9.17) is 0 Å². The first-order valence-electron chi connectivity index (χ1n) is 6.59. The van der Waals surface area contributed by atoms with Gasteiger partial charge >= 0.3 is 0 Å². The van der Waals surface area contributed by atoms with Gasteiger partial charge in [-0.05, 0) is 31.6 Å². The lowest BCUT2D eigenvalue weighted by atomic mass is 9.83. The summed E-state index contributed by atoms with van der Waals surface area (Å²) in [5, 5.41) is 3.31. The fraction of sp³-hybridized carbons (Fsp3) is 0.923. The van der Waals surface area contributed by atoms with Gasteiger partial charge < -0.3 is 10.2 Å². The Morgan fingerprint density at radius 1 is 1.31 bits per heavy atom. The van der Waals surface area contributed by atoms with Crippen LogP contribution in [0.1, 0.15) is 39.5 Å². The van der Waals surface area contributed by atoms with Gasteiger partial charge in [0.2, 0.25) is 0 Å². The summed E-state index contributed by atoms with van der Waals surface area (Å²) in [4.78, 5) is 6.56. The lowest BCUT2D eigenvalue weighted by Gasteiger charge is -2.31. The molecule has 1 aliphatic carbocycles. The van der Waals surface area contributed by atoms with Crippen molar-refractivity contribution < 1.29 is 0 Å². The molecule has 0 unspecified atom stereocenters. The Bertz CT molecular complexity index is 217. The molecular weight excluding hydrogens is 198 g/mol. The number of guanidine groups is 1. The minimum atomic E-state index is 0.858. The lowest BCUT2D eigenvalue weighted by molar-refractivity contribution is 0.250. The van der Waals surface area contributed by atoms with E-state index in [0.29, 0.717) is 0 Å². The molecule has 0 heterocycles. The summed E-state index contributed by atoms with van der Waals surface area (Å²) in [5.41, 5.74) is 0. The van der Waals surface area contributed by atoms with Crippen LogP contribution in [0.15, 0.2) is 4.99 Å². The molecule has 1 aliphatic rings. The van der Waals surface area contributed by atoms with Crippen molar-refractivity contribution in [3.63, 3.8) is 0 Å². The third kappa shape index (κ3) is 4.03. The van der Waals surface area contributed by atoms with Gasteiger partial charge in [-0.2, -0.15) is 0 Å². The molecule has 0 aromatic heterocycles. The maximum atomic E-state index is 4.29. The van der Waals surface area contributed by atoms with Crippen LogP contribution < -0.4 is 5.32 Å². The van der Waals surface area contributed by atoms with E-state index in [2.05, 4.69) is 36.1 Å². The summed E-state index contributed by atoms with van der Waals surface area (Å²) in [6, 6.07) is 0. The second-order valence-electron chi connectivity index (χ2n) is 5.08. The molecule has 0 aliphatic heterocycles. The highest BCUT2D eigenvalue weighted by Crippen LogP contribution is 2.28. The maximum absolute atomic E-state index is 4.29. The third-order valence-electron chi connectivity index (χ3n) is 3.58. The van der Waals surface area contributed by atoms with Gasteiger partial charge in [-0.15, -0.1) is 0 Å². The van der Waals surface area contributed by atoms with Crippen LogP contribution in [0.25, 0.3) is 0 Å². The van der Waals surface area contributed by atoms with E-state index in [0.717, 1.165) is 30.9 Å². The van der Waals surface area contributed by atoms with E-state index in [1.54, 1.807) is 0 Å². The smallest absolute Gasteiger partial charge is 0.193 e. The first-order valence-corrected chi connectivity index (χ1v) is 6.59. The van der Waals surface area contributed by atoms with Crippen LogP contribution in [0.2, 0.25) is 0 Å². The molecule has 3 heteroatoms. The second kappa shape index (κ2) is 6.77. The van der Waals surface area contributed by atoms with E-state index >= 15 is 0 Å². The molecule has 1 saturated carbocycles. The molecule has 0 amide bonds. The summed E-state index contributed by atoms with van der Waals surface area (Å²) in [7, 11) is 4.00. The standard InChI is InChI=1S/C13H27N3/c1-5-15-13(14-3)16(4)10-12-8-6-11(2)7-9-12/h11-12H,5-10H2,1-4H3,(H,14,15). The molecule has 0 aromatic rings. The third-order valence-corrected chi connectivity index (χ3v) is 3.58. The zero-order chi connectivity index (χ0) is 12.0. The fourth-order valence-corrected chi connectivity index (χ4v) is 2.53. The molecule has 1 fully saturated rings. The second-order valence-corrected chi connectivity index (χ2v) is 5.08. The molecule has 3 nitrogen and oxygen atoms in total. The molecule has 0 aromatic carbocycles. The quantitative estimate of drug-likeness (QED) is 0.590. The SMILES string of the molecule is CCNC(=NC)N(C)CC1CCC(C)CC1. The van der Waals surface area contributed by atoms with Gasteiger partial charge in [-0.1, -0.05) is 19.8 Å². The van der Waals surface area contributed by atoms with Crippen LogP contribution in [-0.4, -0.2) is 38.0 Å². The summed E-state index contributed by atoms with van der Waals surface area (Å²) < 4.78 is 0. The van der Waals surface area contributed by atoms with Crippen molar-refractivity contribution in [3.8, 4) is 0 Å². The summed E-state index contributed by atoms with van der Waals surface area (Å²) in [6.45, 7) is 6.57. The minimum absolute atomic E-state index is 0.858. The number of hydrogen-bond donors (Lipinski definition) is 1. The van der Waals surface area contributed by atoms with Crippen LogP contribution in [0.4, 0.5) is 0 Å². The molecule has 16 heavy (non-hydrogen) atoms. The molecule has 1 N–H and O–H groups in total. The normalized spacial score (nSPS) is 26.6. The van der Waals surface area contributed by atoms with E-state index in [1.165, 1.54) is 25.7 Å². The van der Waals surface area contributed by atoms with Gasteiger partial charge in [0, 0.05) is 27.2 Å². The van der Waals surface area contributed by atoms with Crippen molar-refractivity contribution in [1.29, 1.82) is 0 Å². The van der Waals surface area contributed by atoms with Crippen molar-refractivity contribution in [2.24, 2.45) is 16.8 Å². The Labute approximate surface area is 100 Å². The van der Waals surface area contributed by atoms with Crippen molar-refractivity contribution >= 4 is 5.96 Å². The average molecular weight is 225 g/mol. The van der Waals surface area contributed by atoms with Crippen LogP contribution in [0, 0.1) is 11.8 Å². The summed E-state index contributed by atoms with van der Waals surface area (Å²) >= 11 is 0. The monoisotopic (exact) mass is 225 g/mol. The molecule has 0 atom stereocenters. The molecule has 0 saturated heterocycles. The van der Waals surface area contributed by atoms with Gasteiger partial charge in [-0.25, -0.2) is 0 Å². The van der Waals surface area contributed by atoms with Gasteiger partial charge in [0.1, 0.15) is 0 Å². The Morgan fingerprint density at radius 3 is 2.44 bits per heavy atom. The molecular formula is C13H27N3. The van der Waals surface area contributed by atoms with Crippen LogP contribution in [0.3, 0.4) is 0 Å². The summed E-state index contributed by atoms with van der Waals surface area (Å²) in [6.07, 6.45) is 5.57. The Morgan fingerprint density at radius 2 is 1.94 bits per heavy atom. The minimum Gasteiger partial charge on any atom is -0.357 e. The first-order chi connectivity index (χ1) is 7.67. The van der Waals surface area contributed by atoms with Gasteiger partial charge in [-0.3, -0.25) is 4.99 Å². The molecule has 0 radical (unpaired) electrons. The maximum Gasteiger partial charge on any atom is 0.193 e. The van der Waals surface area contributed by atoms with Crippen molar-refractivity contribution in [2.45, 2.75) is 39.5 Å². The largest absolute Gasteiger partial charge is 0.357 e. The first kappa shape index (κ1) is 13.3. The Kier molecular flexibility index (Phi) is 5.64. The lowest BCUT2D eigenvalue weighted by Crippen LogP contribution is -2.41. The van der Waals surface area contributed by atoms with E-state index in [1.807, 2.05) is 7.05 Å². The Balaban J connectivity index is 2.35. The van der Waals surface area contributed by atoms with Crippen molar-refractivity contribution in [1.82, 2.24) is 10.2 Å². The molecule has 0 bridgehead atoms. The molecule has 0 spiro atoms. The number of nitrogens with one attached hydrogen (secondary N) is 1. The fourth-order valence-electron chi connectivity index (χ4n) is 2.53. The highest BCUT2D eigenvalue weighted by atomic mass is 15.3. The molecule has 1 rings (SSSR count). The Hall–Kier alpha value is -0.730.